The SMILES string of the molecule is COC(=O)C(C)c1ccc(OC)c(C(=O)c2cccnc2Cl)c1. The molecule has 1 atom stereocenters. The quantitative estimate of drug-likeness (QED) is 0.477. The fourth-order valence-electron chi connectivity index (χ4n) is 2.19. The molecule has 23 heavy (non-hydrogen) atoms. The Hall–Kier alpha value is -2.40. The number of carbonyl (C=O) groups is 2. The second kappa shape index (κ2) is 7.24. The highest BCUT2D eigenvalue weighted by atomic mass is 35.5. The van der Waals surface area contributed by atoms with Crippen LogP contribution in [0.3, 0.4) is 0 Å². The Morgan fingerprint density at radius 3 is 2.52 bits per heavy atom. The standard InChI is InChI=1S/C17H16ClNO4/c1-10(17(21)23-3)11-6-7-14(22-2)13(9-11)15(20)12-5-4-8-19-16(12)18/h4-10H,1-3H3. The zero-order chi connectivity index (χ0) is 17.0. The zero-order valence-electron chi connectivity index (χ0n) is 13.0. The smallest absolute Gasteiger partial charge is 0.312 e. The van der Waals surface area contributed by atoms with Gasteiger partial charge in [-0.25, -0.2) is 4.98 Å². The molecule has 1 unspecified atom stereocenters. The van der Waals surface area contributed by atoms with E-state index in [0.717, 1.165) is 0 Å². The second-order valence-corrected chi connectivity index (χ2v) is 5.23. The molecule has 0 saturated heterocycles. The molecule has 0 N–H and O–H groups in total. The molecule has 0 aliphatic heterocycles. The van der Waals surface area contributed by atoms with Gasteiger partial charge in [0, 0.05) is 6.20 Å². The minimum absolute atomic E-state index is 0.117. The molecular weight excluding hydrogens is 318 g/mol. The number of carbonyl (C=O) groups excluding carboxylic acids is 2. The van der Waals surface area contributed by atoms with Gasteiger partial charge >= 0.3 is 5.97 Å². The molecule has 1 heterocycles. The monoisotopic (exact) mass is 333 g/mol. The highest BCUT2D eigenvalue weighted by Crippen LogP contribution is 2.28. The fraction of sp³-hybridized carbons (Fsp3) is 0.235. The maximum absolute atomic E-state index is 12.7. The lowest BCUT2D eigenvalue weighted by molar-refractivity contribution is -0.141. The number of rotatable bonds is 5. The highest BCUT2D eigenvalue weighted by molar-refractivity contribution is 6.34. The Kier molecular flexibility index (Phi) is 5.34. The molecule has 0 spiro atoms. The van der Waals surface area contributed by atoms with Gasteiger partial charge in [-0.05, 0) is 36.8 Å². The number of pyridine rings is 1. The first-order valence-corrected chi connectivity index (χ1v) is 7.28. The van der Waals surface area contributed by atoms with Gasteiger partial charge in [0.1, 0.15) is 10.9 Å². The number of nitrogens with zero attached hydrogens (tertiary/aromatic N) is 1. The maximum atomic E-state index is 12.7. The van der Waals surface area contributed by atoms with Gasteiger partial charge in [-0.15, -0.1) is 0 Å². The summed E-state index contributed by atoms with van der Waals surface area (Å²) in [5, 5.41) is 0.117. The molecule has 6 heteroatoms. The third-order valence-corrected chi connectivity index (χ3v) is 3.83. The molecule has 0 aliphatic rings. The van der Waals surface area contributed by atoms with Crippen LogP contribution >= 0.6 is 11.6 Å². The molecule has 2 aromatic rings. The van der Waals surface area contributed by atoms with E-state index < -0.39 is 5.92 Å². The van der Waals surface area contributed by atoms with Crippen LogP contribution in [0.5, 0.6) is 5.75 Å². The van der Waals surface area contributed by atoms with Crippen LogP contribution in [0, 0.1) is 0 Å². The van der Waals surface area contributed by atoms with E-state index in [0.29, 0.717) is 16.9 Å². The average molecular weight is 334 g/mol. The Labute approximate surface area is 139 Å². The van der Waals surface area contributed by atoms with E-state index in [2.05, 4.69) is 4.98 Å². The Bertz CT molecular complexity index is 745. The molecule has 5 nitrogen and oxygen atoms in total. The van der Waals surface area contributed by atoms with Crippen LogP contribution in [-0.2, 0) is 9.53 Å². The molecule has 0 saturated carbocycles. The second-order valence-electron chi connectivity index (χ2n) is 4.88. The van der Waals surface area contributed by atoms with Gasteiger partial charge in [0.25, 0.3) is 0 Å². The molecule has 0 bridgehead atoms. The predicted octanol–water partition coefficient (Wildman–Crippen LogP) is 3.25. The van der Waals surface area contributed by atoms with Crippen molar-refractivity contribution < 1.29 is 19.1 Å². The molecule has 120 valence electrons. The Balaban J connectivity index is 2.50. The van der Waals surface area contributed by atoms with Crippen LogP contribution < -0.4 is 4.74 Å². The number of aromatic nitrogens is 1. The first-order chi connectivity index (χ1) is 11.0. The molecule has 2 rings (SSSR count). The van der Waals surface area contributed by atoms with Crippen molar-refractivity contribution in [3.05, 3.63) is 58.4 Å². The van der Waals surface area contributed by atoms with E-state index in [1.807, 2.05) is 0 Å². The first-order valence-electron chi connectivity index (χ1n) is 6.90. The van der Waals surface area contributed by atoms with E-state index in [1.165, 1.54) is 20.4 Å². The molecule has 0 aliphatic carbocycles. The molecule has 1 aromatic heterocycles. The van der Waals surface area contributed by atoms with E-state index in [-0.39, 0.29) is 22.5 Å². The average Bonchev–Trinajstić information content (AvgIpc) is 2.59. The minimum Gasteiger partial charge on any atom is -0.496 e. The van der Waals surface area contributed by atoms with Crippen molar-refractivity contribution >= 4 is 23.4 Å². The van der Waals surface area contributed by atoms with Gasteiger partial charge < -0.3 is 9.47 Å². The molecular formula is C17H16ClNO4. The van der Waals surface area contributed by atoms with Gasteiger partial charge in [-0.3, -0.25) is 9.59 Å². The fourth-order valence-corrected chi connectivity index (χ4v) is 2.39. The van der Waals surface area contributed by atoms with E-state index >= 15 is 0 Å². The van der Waals surface area contributed by atoms with Crippen LogP contribution in [0.4, 0.5) is 0 Å². The van der Waals surface area contributed by atoms with Gasteiger partial charge in [-0.1, -0.05) is 17.7 Å². The molecule has 0 amide bonds. The highest BCUT2D eigenvalue weighted by Gasteiger charge is 2.22. The van der Waals surface area contributed by atoms with Crippen LogP contribution in [0.25, 0.3) is 0 Å². The molecule has 1 aromatic carbocycles. The number of hydrogen-bond acceptors (Lipinski definition) is 5. The van der Waals surface area contributed by atoms with Crippen molar-refractivity contribution in [3.8, 4) is 5.75 Å². The summed E-state index contributed by atoms with van der Waals surface area (Å²) >= 11 is 5.99. The lowest BCUT2D eigenvalue weighted by atomic mass is 9.95. The van der Waals surface area contributed by atoms with Crippen molar-refractivity contribution in [1.82, 2.24) is 4.98 Å². The zero-order valence-corrected chi connectivity index (χ0v) is 13.8. The first kappa shape index (κ1) is 17.0. The summed E-state index contributed by atoms with van der Waals surface area (Å²) in [6.45, 7) is 1.71. The van der Waals surface area contributed by atoms with E-state index in [4.69, 9.17) is 21.1 Å². The summed E-state index contributed by atoms with van der Waals surface area (Å²) in [7, 11) is 2.80. The van der Waals surface area contributed by atoms with Crippen LogP contribution in [0.2, 0.25) is 5.15 Å². The summed E-state index contributed by atoms with van der Waals surface area (Å²) < 4.78 is 9.99. The summed E-state index contributed by atoms with van der Waals surface area (Å²) in [4.78, 5) is 28.4. The lowest BCUT2D eigenvalue weighted by Gasteiger charge is -2.14. The number of halogens is 1. The van der Waals surface area contributed by atoms with Crippen LogP contribution in [-0.4, -0.2) is 31.0 Å². The maximum Gasteiger partial charge on any atom is 0.312 e. The van der Waals surface area contributed by atoms with Gasteiger partial charge in [0.2, 0.25) is 0 Å². The Morgan fingerprint density at radius 2 is 1.91 bits per heavy atom. The minimum atomic E-state index is -0.498. The number of hydrogen-bond donors (Lipinski definition) is 0. The van der Waals surface area contributed by atoms with Crippen molar-refractivity contribution in [2.24, 2.45) is 0 Å². The van der Waals surface area contributed by atoms with Crippen LogP contribution in [0.15, 0.2) is 36.5 Å². The topological polar surface area (TPSA) is 65.5 Å². The summed E-state index contributed by atoms with van der Waals surface area (Å²) in [5.41, 5.74) is 1.24. The van der Waals surface area contributed by atoms with E-state index in [1.54, 1.807) is 37.3 Å². The number of esters is 1. The molecule has 0 radical (unpaired) electrons. The van der Waals surface area contributed by atoms with Crippen molar-refractivity contribution in [1.29, 1.82) is 0 Å². The third kappa shape index (κ3) is 3.51. The predicted molar refractivity (Wildman–Crippen MR) is 86.1 cm³/mol. The van der Waals surface area contributed by atoms with Crippen molar-refractivity contribution in [2.75, 3.05) is 14.2 Å². The summed E-state index contributed by atoms with van der Waals surface area (Å²) in [6.07, 6.45) is 1.51. The Morgan fingerprint density at radius 1 is 1.17 bits per heavy atom. The number of benzene rings is 1. The van der Waals surface area contributed by atoms with Crippen molar-refractivity contribution in [3.63, 3.8) is 0 Å². The summed E-state index contributed by atoms with van der Waals surface area (Å²) in [5.74, 6) is -0.801. The van der Waals surface area contributed by atoms with Gasteiger partial charge in [0.15, 0.2) is 5.78 Å². The van der Waals surface area contributed by atoms with Gasteiger partial charge in [-0.2, -0.15) is 0 Å². The number of ether oxygens (including phenoxy) is 2. The van der Waals surface area contributed by atoms with Crippen LogP contribution in [0.1, 0.15) is 34.3 Å². The normalized spacial score (nSPS) is 11.7. The molecule has 0 fully saturated rings. The van der Waals surface area contributed by atoms with Gasteiger partial charge in [0.05, 0.1) is 31.3 Å². The lowest BCUT2D eigenvalue weighted by Crippen LogP contribution is -2.12. The number of methoxy groups -OCH3 is 2. The number of ketones is 1. The van der Waals surface area contributed by atoms with Crippen molar-refractivity contribution in [2.45, 2.75) is 12.8 Å². The summed E-state index contributed by atoms with van der Waals surface area (Å²) in [6, 6.07) is 8.21. The largest absolute Gasteiger partial charge is 0.496 e. The van der Waals surface area contributed by atoms with E-state index in [9.17, 15) is 9.59 Å². The third-order valence-electron chi connectivity index (χ3n) is 3.53.